The maximum absolute atomic E-state index is 10.5. The summed E-state index contributed by atoms with van der Waals surface area (Å²) in [6, 6.07) is 2.95. The van der Waals surface area contributed by atoms with Gasteiger partial charge in [0.2, 0.25) is 0 Å². The number of carboxylic acids is 1. The summed E-state index contributed by atoms with van der Waals surface area (Å²) in [5.41, 5.74) is 7.13. The van der Waals surface area contributed by atoms with Gasteiger partial charge in [-0.05, 0) is 17.7 Å². The van der Waals surface area contributed by atoms with Crippen molar-refractivity contribution in [3.63, 3.8) is 0 Å². The second-order valence-corrected chi connectivity index (χ2v) is 3.86. The number of imidazole rings is 1. The largest absolute Gasteiger partial charge is 0.481 e. The Morgan fingerprint density at radius 2 is 2.44 bits per heavy atom. The highest BCUT2D eigenvalue weighted by Crippen LogP contribution is 2.18. The lowest BCUT2D eigenvalue weighted by molar-refractivity contribution is -0.137. The van der Waals surface area contributed by atoms with Crippen LogP contribution in [-0.2, 0) is 4.79 Å². The molecule has 0 aromatic carbocycles. The first kappa shape index (κ1) is 10.9. The topological polar surface area (TPSA) is 80.6 Å². The molecule has 3 N–H and O–H groups in total. The smallest absolute Gasteiger partial charge is 0.305 e. The fourth-order valence-electron chi connectivity index (χ4n) is 1.50. The van der Waals surface area contributed by atoms with Gasteiger partial charge in [-0.3, -0.25) is 9.20 Å². The second-order valence-electron chi connectivity index (χ2n) is 3.47. The van der Waals surface area contributed by atoms with Crippen LogP contribution in [0.5, 0.6) is 0 Å². The number of fused-ring (bicyclic) bond motifs is 1. The van der Waals surface area contributed by atoms with E-state index in [1.54, 1.807) is 22.7 Å². The Hall–Kier alpha value is -1.59. The molecule has 0 bridgehead atoms. The number of halogens is 1. The molecule has 0 fully saturated rings. The van der Waals surface area contributed by atoms with Gasteiger partial charge in [0.15, 0.2) is 0 Å². The summed E-state index contributed by atoms with van der Waals surface area (Å²) in [5, 5.41) is 9.15. The van der Waals surface area contributed by atoms with Gasteiger partial charge in [-0.25, -0.2) is 4.98 Å². The molecule has 0 aliphatic rings. The van der Waals surface area contributed by atoms with Crippen molar-refractivity contribution < 1.29 is 9.90 Å². The van der Waals surface area contributed by atoms with Crippen LogP contribution in [0.3, 0.4) is 0 Å². The van der Waals surface area contributed by atoms with Crippen LogP contribution in [0.15, 0.2) is 24.5 Å². The van der Waals surface area contributed by atoms with E-state index in [-0.39, 0.29) is 6.42 Å². The first-order valence-electron chi connectivity index (χ1n) is 4.68. The molecule has 0 radical (unpaired) electrons. The number of carbonyl (C=O) groups is 1. The minimum Gasteiger partial charge on any atom is -0.481 e. The first-order chi connectivity index (χ1) is 7.58. The molecule has 6 heteroatoms. The molecule has 2 aromatic rings. The fourth-order valence-corrected chi connectivity index (χ4v) is 1.69. The number of nitrogens with zero attached hydrogens (tertiary/aromatic N) is 2. The quantitative estimate of drug-likeness (QED) is 0.850. The van der Waals surface area contributed by atoms with Gasteiger partial charge >= 0.3 is 5.97 Å². The van der Waals surface area contributed by atoms with Crippen LogP contribution >= 0.6 is 11.6 Å². The third-order valence-corrected chi connectivity index (χ3v) is 2.59. The molecular weight excluding hydrogens is 230 g/mol. The van der Waals surface area contributed by atoms with Gasteiger partial charge in [0.05, 0.1) is 12.6 Å². The minimum absolute atomic E-state index is 0.107. The number of rotatable bonds is 3. The molecule has 16 heavy (non-hydrogen) atoms. The molecule has 2 aromatic heterocycles. The zero-order valence-corrected chi connectivity index (χ0v) is 9.05. The van der Waals surface area contributed by atoms with Gasteiger partial charge in [0.25, 0.3) is 0 Å². The Labute approximate surface area is 96.5 Å². The van der Waals surface area contributed by atoms with E-state index in [9.17, 15) is 4.79 Å². The molecule has 0 saturated heterocycles. The molecular formula is C10H10ClN3O2. The van der Waals surface area contributed by atoms with Crippen LogP contribution in [-0.4, -0.2) is 20.5 Å². The molecule has 0 aliphatic carbocycles. The van der Waals surface area contributed by atoms with Gasteiger partial charge in [-0.2, -0.15) is 0 Å². The Morgan fingerprint density at radius 1 is 1.69 bits per heavy atom. The predicted octanol–water partition coefficient (Wildman–Crippen LogP) is 1.46. The minimum atomic E-state index is -0.922. The molecule has 1 unspecified atom stereocenters. The van der Waals surface area contributed by atoms with Gasteiger partial charge < -0.3 is 10.8 Å². The number of pyridine rings is 1. The summed E-state index contributed by atoms with van der Waals surface area (Å²) < 4.78 is 1.69. The van der Waals surface area contributed by atoms with Crippen LogP contribution < -0.4 is 5.73 Å². The van der Waals surface area contributed by atoms with Crippen molar-refractivity contribution in [2.75, 3.05) is 0 Å². The van der Waals surface area contributed by atoms with Crippen LogP contribution in [0.4, 0.5) is 0 Å². The van der Waals surface area contributed by atoms with Crippen LogP contribution in [0, 0.1) is 0 Å². The van der Waals surface area contributed by atoms with Crippen molar-refractivity contribution in [3.05, 3.63) is 35.2 Å². The van der Waals surface area contributed by atoms with E-state index in [1.807, 2.05) is 0 Å². The third-order valence-electron chi connectivity index (χ3n) is 2.31. The lowest BCUT2D eigenvalue weighted by Crippen LogP contribution is -2.15. The summed E-state index contributed by atoms with van der Waals surface area (Å²) in [5.74, 6) is -0.922. The molecule has 0 aliphatic heterocycles. The van der Waals surface area contributed by atoms with E-state index in [1.165, 1.54) is 6.20 Å². The Balaban J connectivity index is 2.35. The van der Waals surface area contributed by atoms with E-state index in [2.05, 4.69) is 4.98 Å². The van der Waals surface area contributed by atoms with E-state index in [4.69, 9.17) is 22.4 Å². The Morgan fingerprint density at radius 3 is 3.12 bits per heavy atom. The molecule has 0 saturated carbocycles. The number of hydrogen-bond acceptors (Lipinski definition) is 3. The maximum Gasteiger partial charge on any atom is 0.305 e. The third kappa shape index (κ3) is 2.00. The summed E-state index contributed by atoms with van der Waals surface area (Å²) in [7, 11) is 0. The average Bonchev–Trinajstić information content (AvgIpc) is 2.59. The van der Waals surface area contributed by atoms with E-state index in [0.717, 1.165) is 5.56 Å². The molecule has 5 nitrogen and oxygen atoms in total. The maximum atomic E-state index is 10.5. The van der Waals surface area contributed by atoms with Gasteiger partial charge in [-0.1, -0.05) is 11.6 Å². The molecule has 0 amide bonds. The number of carboxylic acid groups (broad SMARTS) is 1. The van der Waals surface area contributed by atoms with E-state index in [0.29, 0.717) is 10.8 Å². The predicted molar refractivity (Wildman–Crippen MR) is 59.4 cm³/mol. The van der Waals surface area contributed by atoms with Gasteiger partial charge in [0, 0.05) is 12.2 Å². The Kier molecular flexibility index (Phi) is 2.80. The summed E-state index contributed by atoms with van der Waals surface area (Å²) in [4.78, 5) is 14.6. The zero-order valence-electron chi connectivity index (χ0n) is 8.30. The van der Waals surface area contributed by atoms with Crippen LogP contribution in [0.1, 0.15) is 18.0 Å². The number of aliphatic carboxylic acids is 1. The molecule has 0 spiro atoms. The first-order valence-corrected chi connectivity index (χ1v) is 5.05. The highest BCUT2D eigenvalue weighted by Gasteiger charge is 2.11. The molecule has 2 rings (SSSR count). The highest BCUT2D eigenvalue weighted by atomic mass is 35.5. The van der Waals surface area contributed by atoms with Crippen molar-refractivity contribution in [1.82, 2.24) is 9.38 Å². The second kappa shape index (κ2) is 4.11. The van der Waals surface area contributed by atoms with Crippen molar-refractivity contribution in [1.29, 1.82) is 0 Å². The number of hydrogen-bond donors (Lipinski definition) is 2. The zero-order chi connectivity index (χ0) is 11.7. The molecule has 1 atom stereocenters. The number of nitrogens with two attached hydrogens (primary N) is 1. The summed E-state index contributed by atoms with van der Waals surface area (Å²) in [6.45, 7) is 0. The van der Waals surface area contributed by atoms with Gasteiger partial charge in [0.1, 0.15) is 10.8 Å². The van der Waals surface area contributed by atoms with E-state index >= 15 is 0 Å². The average molecular weight is 240 g/mol. The van der Waals surface area contributed by atoms with Crippen molar-refractivity contribution in [2.45, 2.75) is 12.5 Å². The van der Waals surface area contributed by atoms with Crippen molar-refractivity contribution >= 4 is 23.2 Å². The lowest BCUT2D eigenvalue weighted by Gasteiger charge is -2.09. The van der Waals surface area contributed by atoms with Crippen molar-refractivity contribution in [2.24, 2.45) is 5.73 Å². The van der Waals surface area contributed by atoms with Crippen LogP contribution in [0.2, 0.25) is 5.15 Å². The SMILES string of the molecule is NC(CC(=O)O)c1ccn2c(Cl)cnc2c1. The highest BCUT2D eigenvalue weighted by molar-refractivity contribution is 6.29. The summed E-state index contributed by atoms with van der Waals surface area (Å²) >= 11 is 5.86. The van der Waals surface area contributed by atoms with Crippen LogP contribution in [0.25, 0.3) is 5.65 Å². The lowest BCUT2D eigenvalue weighted by atomic mass is 10.1. The monoisotopic (exact) mass is 239 g/mol. The summed E-state index contributed by atoms with van der Waals surface area (Å²) in [6.07, 6.45) is 3.15. The number of aromatic nitrogens is 2. The Bertz CT molecular complexity index is 538. The normalized spacial score (nSPS) is 12.9. The fraction of sp³-hybridized carbons (Fsp3) is 0.200. The molecule has 2 heterocycles. The standard InChI is InChI=1S/C10H10ClN3O2/c11-8-5-13-9-3-6(1-2-14(8)9)7(12)4-10(15)16/h1-3,5,7H,4,12H2,(H,15,16). The van der Waals surface area contributed by atoms with Crippen molar-refractivity contribution in [3.8, 4) is 0 Å². The van der Waals surface area contributed by atoms with Gasteiger partial charge in [-0.15, -0.1) is 0 Å². The molecule has 84 valence electrons. The van der Waals surface area contributed by atoms with E-state index < -0.39 is 12.0 Å².